The Kier molecular flexibility index (Phi) is 11.5. The first kappa shape index (κ1) is 38.2. The fourth-order valence-corrected chi connectivity index (χ4v) is 7.14. The van der Waals surface area contributed by atoms with Crippen LogP contribution in [0.2, 0.25) is 13.6 Å². The monoisotopic (exact) mass is 736 g/mol. The van der Waals surface area contributed by atoms with Gasteiger partial charge in [0.15, 0.2) is 21.5 Å². The topological polar surface area (TPSA) is 166 Å². The highest BCUT2D eigenvalue weighted by atomic mass is 32.2. The maximum Gasteiger partial charge on any atom is 0.414 e. The van der Waals surface area contributed by atoms with E-state index in [2.05, 4.69) is 10.1 Å². The molecule has 0 saturated heterocycles. The molecule has 0 aliphatic rings. The molecular formula is C32H32B3F3N5O8S. The second-order valence-corrected chi connectivity index (χ2v) is 14.0. The van der Waals surface area contributed by atoms with Crippen LogP contribution in [0, 0.1) is 18.6 Å². The fraction of sp³-hybridized carbons (Fsp3) is 0.250. The second-order valence-electron chi connectivity index (χ2n) is 11.8. The summed E-state index contributed by atoms with van der Waals surface area (Å²) in [6, 6.07) is 9.06. The number of para-hydroxylation sites is 1. The molecule has 0 amide bonds. The predicted molar refractivity (Wildman–Crippen MR) is 191 cm³/mol. The van der Waals surface area contributed by atoms with Gasteiger partial charge in [0.05, 0.1) is 54.6 Å². The molecule has 5 aromatic rings. The summed E-state index contributed by atoms with van der Waals surface area (Å²) in [6.07, 6.45) is 2.68. The zero-order valence-electron chi connectivity index (χ0n) is 28.5. The summed E-state index contributed by atoms with van der Waals surface area (Å²) in [5.41, 5.74) is 0.971. The zero-order valence-corrected chi connectivity index (χ0v) is 29.3. The van der Waals surface area contributed by atoms with Gasteiger partial charge in [-0.3, -0.25) is 9.18 Å². The Morgan fingerprint density at radius 3 is 2.42 bits per heavy atom. The van der Waals surface area contributed by atoms with Gasteiger partial charge in [-0.05, 0) is 62.9 Å². The molecule has 0 aliphatic carbocycles. The van der Waals surface area contributed by atoms with Gasteiger partial charge in [-0.1, -0.05) is 6.07 Å². The Morgan fingerprint density at radius 1 is 1.12 bits per heavy atom. The minimum Gasteiger partial charge on any atom is -0.496 e. The Labute approximate surface area is 298 Å². The molecule has 0 fully saturated rings. The summed E-state index contributed by atoms with van der Waals surface area (Å²) in [7, 11) is -4.09. The molecule has 20 heteroatoms. The predicted octanol–water partition coefficient (Wildman–Crippen LogP) is 3.80. The Bertz CT molecular complexity index is 2230. The highest BCUT2D eigenvalue weighted by Gasteiger charge is 2.32. The van der Waals surface area contributed by atoms with Gasteiger partial charge >= 0.3 is 21.5 Å². The quantitative estimate of drug-likeness (QED) is 0.0860. The van der Waals surface area contributed by atoms with E-state index in [4.69, 9.17) is 9.47 Å². The molecule has 3 heterocycles. The number of halogens is 3. The number of nitrogens with zero attached hydrogens (tertiary/aromatic N) is 5. The molecule has 13 nitrogen and oxygen atoms in total. The van der Waals surface area contributed by atoms with Gasteiger partial charge in [-0.2, -0.15) is 5.10 Å². The van der Waals surface area contributed by atoms with Crippen LogP contribution in [0.3, 0.4) is 0 Å². The Hall–Kier alpha value is -5.07. The zero-order chi connectivity index (χ0) is 37.9. The van der Waals surface area contributed by atoms with Crippen molar-refractivity contribution < 1.29 is 50.7 Å². The molecule has 2 aromatic carbocycles. The van der Waals surface area contributed by atoms with Crippen LogP contribution in [0.4, 0.5) is 19.0 Å². The van der Waals surface area contributed by atoms with Crippen molar-refractivity contribution in [2.75, 3.05) is 24.3 Å². The Balaban J connectivity index is 1.64. The molecule has 0 bridgehead atoms. The van der Waals surface area contributed by atoms with Crippen LogP contribution in [0.25, 0.3) is 16.6 Å². The third kappa shape index (κ3) is 7.73. The van der Waals surface area contributed by atoms with Crippen molar-refractivity contribution >= 4 is 60.0 Å². The lowest BCUT2D eigenvalue weighted by atomic mass is 9.73. The lowest BCUT2D eigenvalue weighted by Gasteiger charge is -2.26. The second kappa shape index (κ2) is 15.7. The lowest BCUT2D eigenvalue weighted by Crippen LogP contribution is -2.43. The average Bonchev–Trinajstić information content (AvgIpc) is 3.69. The number of pyridine rings is 1. The molecule has 2 N–H and O–H groups in total. The van der Waals surface area contributed by atoms with Gasteiger partial charge in [0, 0.05) is 22.5 Å². The van der Waals surface area contributed by atoms with Crippen LogP contribution < -0.4 is 14.2 Å². The number of benzene rings is 2. The first-order chi connectivity index (χ1) is 24.7. The maximum absolute atomic E-state index is 14.5. The van der Waals surface area contributed by atoms with E-state index < -0.39 is 59.5 Å². The number of hydrogen-bond acceptors (Lipinski definition) is 11. The van der Waals surface area contributed by atoms with Crippen molar-refractivity contribution in [1.29, 1.82) is 0 Å². The van der Waals surface area contributed by atoms with Crippen molar-refractivity contribution in [2.45, 2.75) is 32.7 Å². The van der Waals surface area contributed by atoms with E-state index in [1.54, 1.807) is 6.92 Å². The van der Waals surface area contributed by atoms with Crippen LogP contribution in [0.5, 0.6) is 17.4 Å². The fourth-order valence-electron chi connectivity index (χ4n) is 5.75. The molecule has 5 rings (SSSR count). The molecular weight excluding hydrogens is 704 g/mol. The maximum atomic E-state index is 14.5. The number of hydrogen-bond donors (Lipinski definition) is 2. The highest BCUT2D eigenvalue weighted by molar-refractivity contribution is 7.90. The largest absolute Gasteiger partial charge is 0.496 e. The number of ether oxygens (including phenoxy) is 2. The molecule has 52 heavy (non-hydrogen) atoms. The summed E-state index contributed by atoms with van der Waals surface area (Å²) in [5, 5.41) is 26.4. The molecule has 0 spiro atoms. The molecule has 1 radical (unpaired) electrons. The van der Waals surface area contributed by atoms with Gasteiger partial charge < -0.3 is 33.5 Å². The molecule has 3 aromatic heterocycles. The normalized spacial score (nSPS) is 11.4. The van der Waals surface area contributed by atoms with Crippen molar-refractivity contribution in [3.05, 3.63) is 88.9 Å². The summed E-state index contributed by atoms with van der Waals surface area (Å²) in [4.78, 5) is 30.4. The van der Waals surface area contributed by atoms with Crippen molar-refractivity contribution in [3.63, 3.8) is 0 Å². The van der Waals surface area contributed by atoms with E-state index in [0.717, 1.165) is 24.3 Å². The first-order valence-corrected chi connectivity index (χ1v) is 17.7. The van der Waals surface area contributed by atoms with Gasteiger partial charge in [0.1, 0.15) is 17.8 Å². The minimum atomic E-state index is -3.74. The Morgan fingerprint density at radius 2 is 1.83 bits per heavy atom. The van der Waals surface area contributed by atoms with E-state index in [1.807, 2.05) is 0 Å². The van der Waals surface area contributed by atoms with Crippen LogP contribution in [-0.4, -0.2) is 90.7 Å². The molecule has 0 atom stereocenters. The van der Waals surface area contributed by atoms with Crippen LogP contribution in [0.15, 0.2) is 54.9 Å². The minimum absolute atomic E-state index is 0.0626. The smallest absolute Gasteiger partial charge is 0.414 e. The summed E-state index contributed by atoms with van der Waals surface area (Å²) >= 11 is 0. The number of carbonyl (C=O) groups excluding carboxylic acids is 2. The summed E-state index contributed by atoms with van der Waals surface area (Å²) in [6.45, 7) is 3.56. The van der Waals surface area contributed by atoms with Crippen LogP contribution in [-0.2, 0) is 20.4 Å². The lowest BCUT2D eigenvalue weighted by molar-refractivity contribution is 0.103. The molecule has 269 valence electrons. The standard InChI is InChI=1S/C32H32B3F3N5O8S/c1-19-11-29(51-31-23(37)7-5-8-24(31)38)39-16-27(19)42-32(43(33-18-44)35(3)47)22(15-40-42)30(45)26-12-20-14-28(50-4)21(13-25(20)41(26)34(2)46)17-52(48,49)10-6-9-36/h5,7-8,11-16,18,46-47H,6,9-10,17H2,1-4H3. The van der Waals surface area contributed by atoms with Crippen molar-refractivity contribution in [3.8, 4) is 23.1 Å². The number of ketones is 1. The number of anilines is 1. The van der Waals surface area contributed by atoms with Crippen molar-refractivity contribution in [2.24, 2.45) is 0 Å². The average molecular weight is 736 g/mol. The first-order valence-electron chi connectivity index (χ1n) is 15.8. The SMILES string of the molecule is COc1cc2cc(C(=O)c3cnn(-c4cnc(Oc5c(F)cccc5F)cc4C)c3N([B]C=O)B(C)O)n(B(C)O)c2cc1CS(=O)(=O)CCCF. The van der Waals surface area contributed by atoms with E-state index in [9.17, 15) is 41.2 Å². The van der Waals surface area contributed by atoms with Gasteiger partial charge in [-0.15, -0.1) is 0 Å². The molecule has 0 aliphatic heterocycles. The number of alkyl halides is 1. The number of fused-ring (bicyclic) bond motifs is 1. The number of aryl methyl sites for hydroxylation is 1. The number of methoxy groups -OCH3 is 1. The molecule has 0 saturated carbocycles. The number of rotatable bonds is 16. The summed E-state index contributed by atoms with van der Waals surface area (Å²) in [5.74, 6) is -4.16. The van der Waals surface area contributed by atoms with Crippen LogP contribution >= 0.6 is 0 Å². The van der Waals surface area contributed by atoms with Crippen molar-refractivity contribution in [1.82, 2.24) is 19.2 Å². The molecule has 0 unspecified atom stereocenters. The van der Waals surface area contributed by atoms with Gasteiger partial charge in [-0.25, -0.2) is 26.9 Å². The van der Waals surface area contributed by atoms with Gasteiger partial charge in [0.25, 0.3) is 0 Å². The summed E-state index contributed by atoms with van der Waals surface area (Å²) < 4.78 is 81.1. The van der Waals surface area contributed by atoms with Crippen LogP contribution in [0.1, 0.15) is 33.6 Å². The third-order valence-corrected chi connectivity index (χ3v) is 9.74. The highest BCUT2D eigenvalue weighted by Crippen LogP contribution is 2.34. The number of aromatic nitrogens is 4. The van der Waals surface area contributed by atoms with E-state index in [1.165, 1.54) is 72.6 Å². The van der Waals surface area contributed by atoms with E-state index >= 15 is 0 Å². The number of sulfone groups is 1. The van der Waals surface area contributed by atoms with E-state index in [-0.39, 0.29) is 57.6 Å². The number of carbonyl (C=O) groups is 2. The van der Waals surface area contributed by atoms with Gasteiger partial charge in [0.2, 0.25) is 17.4 Å². The third-order valence-electron chi connectivity index (χ3n) is 8.08. The van der Waals surface area contributed by atoms with E-state index in [0.29, 0.717) is 17.1 Å².